The van der Waals surface area contributed by atoms with Gasteiger partial charge in [0, 0.05) is 49.6 Å². The highest BCUT2D eigenvalue weighted by atomic mass is 16.6. The van der Waals surface area contributed by atoms with Crippen molar-refractivity contribution in [1.29, 1.82) is 0 Å². The minimum atomic E-state index is -0.450. The number of benzene rings is 2. The van der Waals surface area contributed by atoms with Gasteiger partial charge < -0.3 is 9.80 Å². The maximum atomic E-state index is 12.8. The Bertz CT molecular complexity index is 829. The maximum absolute atomic E-state index is 12.8. The third-order valence-corrected chi connectivity index (χ3v) is 4.85. The fourth-order valence-electron chi connectivity index (χ4n) is 3.40. The Kier molecular flexibility index (Phi) is 5.21. The first-order valence-corrected chi connectivity index (χ1v) is 8.80. The molecule has 2 aromatic carbocycles. The van der Waals surface area contributed by atoms with Gasteiger partial charge in [-0.25, -0.2) is 0 Å². The van der Waals surface area contributed by atoms with Gasteiger partial charge in [-0.2, -0.15) is 0 Å². The van der Waals surface area contributed by atoms with Crippen LogP contribution in [0.15, 0.2) is 42.5 Å². The van der Waals surface area contributed by atoms with Crippen molar-refractivity contribution in [1.82, 2.24) is 4.90 Å². The lowest BCUT2D eigenvalue weighted by molar-refractivity contribution is -0.385. The fourth-order valence-corrected chi connectivity index (χ4v) is 3.40. The summed E-state index contributed by atoms with van der Waals surface area (Å²) >= 11 is 0. The van der Waals surface area contributed by atoms with E-state index >= 15 is 0 Å². The van der Waals surface area contributed by atoms with E-state index in [0.29, 0.717) is 17.7 Å². The summed E-state index contributed by atoms with van der Waals surface area (Å²) in [6, 6.07) is 12.8. The molecule has 2 aromatic rings. The lowest BCUT2D eigenvalue weighted by Crippen LogP contribution is -2.28. The number of carbonyl (C=O) groups is 1. The second kappa shape index (κ2) is 7.56. The van der Waals surface area contributed by atoms with Gasteiger partial charge in [0.15, 0.2) is 0 Å². The molecule has 0 N–H and O–H groups in total. The molecular weight excluding hydrogens is 330 g/mol. The molecule has 0 spiro atoms. The topological polar surface area (TPSA) is 66.7 Å². The number of amides is 1. The van der Waals surface area contributed by atoms with Gasteiger partial charge in [0.1, 0.15) is 0 Å². The number of rotatable bonds is 5. The number of aryl methyl sites for hydroxylation is 1. The number of nitrogens with zero attached hydrogens (tertiary/aromatic N) is 3. The zero-order valence-electron chi connectivity index (χ0n) is 15.1. The molecule has 6 nitrogen and oxygen atoms in total. The SMILES string of the molecule is Cc1ccc(C(=O)N(C)Cc2ccccc2N2CCCC2)cc1[N+](=O)[O-]. The Morgan fingerprint density at radius 2 is 1.88 bits per heavy atom. The van der Waals surface area contributed by atoms with Crippen molar-refractivity contribution in [3.05, 3.63) is 69.3 Å². The largest absolute Gasteiger partial charge is 0.371 e. The van der Waals surface area contributed by atoms with Gasteiger partial charge in [-0.15, -0.1) is 0 Å². The number of para-hydroxylation sites is 1. The third kappa shape index (κ3) is 3.69. The van der Waals surface area contributed by atoms with Gasteiger partial charge in [0.05, 0.1) is 4.92 Å². The van der Waals surface area contributed by atoms with Crippen LogP contribution in [0.3, 0.4) is 0 Å². The smallest absolute Gasteiger partial charge is 0.273 e. The lowest BCUT2D eigenvalue weighted by atomic mass is 10.1. The van der Waals surface area contributed by atoms with Crippen LogP contribution < -0.4 is 4.90 Å². The average molecular weight is 353 g/mol. The monoisotopic (exact) mass is 353 g/mol. The molecule has 0 aliphatic carbocycles. The fraction of sp³-hybridized carbons (Fsp3) is 0.350. The summed E-state index contributed by atoms with van der Waals surface area (Å²) in [7, 11) is 1.73. The molecule has 1 aliphatic rings. The summed E-state index contributed by atoms with van der Waals surface area (Å²) in [5.41, 5.74) is 3.12. The maximum Gasteiger partial charge on any atom is 0.273 e. The summed E-state index contributed by atoms with van der Waals surface area (Å²) in [5.74, 6) is -0.218. The van der Waals surface area contributed by atoms with Gasteiger partial charge in [-0.1, -0.05) is 24.3 Å². The highest BCUT2D eigenvalue weighted by Gasteiger charge is 2.20. The number of carbonyl (C=O) groups excluding carboxylic acids is 1. The van der Waals surface area contributed by atoms with Gasteiger partial charge in [-0.05, 0) is 37.5 Å². The molecule has 0 atom stereocenters. The van der Waals surface area contributed by atoms with E-state index in [1.807, 2.05) is 18.2 Å². The van der Waals surface area contributed by atoms with Crippen molar-refractivity contribution >= 4 is 17.3 Å². The second-order valence-electron chi connectivity index (χ2n) is 6.74. The molecule has 3 rings (SSSR count). The highest BCUT2D eigenvalue weighted by molar-refractivity contribution is 5.94. The zero-order valence-corrected chi connectivity index (χ0v) is 15.1. The van der Waals surface area contributed by atoms with E-state index in [9.17, 15) is 14.9 Å². The number of hydrogen-bond acceptors (Lipinski definition) is 4. The molecule has 1 heterocycles. The molecule has 26 heavy (non-hydrogen) atoms. The standard InChI is InChI=1S/C20H23N3O3/c1-15-9-10-16(13-19(15)23(25)26)20(24)21(2)14-17-7-3-4-8-18(17)22-11-5-6-12-22/h3-4,7-10,13H,5-6,11-12,14H2,1-2H3. The quantitative estimate of drug-likeness (QED) is 0.606. The van der Waals surface area contributed by atoms with Crippen molar-refractivity contribution in [3.63, 3.8) is 0 Å². The number of anilines is 1. The summed E-state index contributed by atoms with van der Waals surface area (Å²) < 4.78 is 0. The van der Waals surface area contributed by atoms with Crippen molar-refractivity contribution in [3.8, 4) is 0 Å². The van der Waals surface area contributed by atoms with Crippen molar-refractivity contribution in [2.24, 2.45) is 0 Å². The average Bonchev–Trinajstić information content (AvgIpc) is 3.16. The first-order valence-electron chi connectivity index (χ1n) is 8.80. The molecular formula is C20H23N3O3. The van der Waals surface area contributed by atoms with E-state index in [1.165, 1.54) is 24.6 Å². The van der Waals surface area contributed by atoms with Crippen molar-refractivity contribution in [2.45, 2.75) is 26.3 Å². The van der Waals surface area contributed by atoms with Crippen LogP contribution in [-0.4, -0.2) is 35.9 Å². The highest BCUT2D eigenvalue weighted by Crippen LogP contribution is 2.26. The van der Waals surface area contributed by atoms with E-state index in [4.69, 9.17) is 0 Å². The van der Waals surface area contributed by atoms with Crippen LogP contribution in [0.5, 0.6) is 0 Å². The molecule has 1 aliphatic heterocycles. The second-order valence-corrected chi connectivity index (χ2v) is 6.74. The summed E-state index contributed by atoms with van der Waals surface area (Å²) in [6.45, 7) is 4.22. The van der Waals surface area contributed by atoms with E-state index in [2.05, 4.69) is 11.0 Å². The van der Waals surface area contributed by atoms with Crippen LogP contribution in [0.1, 0.15) is 34.3 Å². The molecule has 1 saturated heterocycles. The van der Waals surface area contributed by atoms with Gasteiger partial charge in [0.25, 0.3) is 11.6 Å². The number of nitro groups is 1. The predicted molar refractivity (Wildman–Crippen MR) is 102 cm³/mol. The Labute approximate surface area is 153 Å². The molecule has 0 unspecified atom stereocenters. The summed E-state index contributed by atoms with van der Waals surface area (Å²) in [4.78, 5) is 27.4. The molecule has 0 saturated carbocycles. The summed E-state index contributed by atoms with van der Waals surface area (Å²) in [6.07, 6.45) is 2.38. The predicted octanol–water partition coefficient (Wildman–Crippen LogP) is 3.78. The molecule has 6 heteroatoms. The van der Waals surface area contributed by atoms with Gasteiger partial charge in [0.2, 0.25) is 0 Å². The molecule has 0 radical (unpaired) electrons. The van der Waals surface area contributed by atoms with Crippen LogP contribution in [0.4, 0.5) is 11.4 Å². The van der Waals surface area contributed by atoms with Crippen LogP contribution in [-0.2, 0) is 6.54 Å². The van der Waals surface area contributed by atoms with E-state index in [1.54, 1.807) is 31.0 Å². The Morgan fingerprint density at radius 3 is 2.58 bits per heavy atom. The van der Waals surface area contributed by atoms with Gasteiger partial charge in [-0.3, -0.25) is 14.9 Å². The van der Waals surface area contributed by atoms with E-state index < -0.39 is 4.92 Å². The Hall–Kier alpha value is -2.89. The number of nitro benzene ring substituents is 1. The van der Waals surface area contributed by atoms with E-state index in [0.717, 1.165) is 18.7 Å². The molecule has 0 aromatic heterocycles. The minimum absolute atomic E-state index is 0.0262. The third-order valence-electron chi connectivity index (χ3n) is 4.85. The normalized spacial score (nSPS) is 13.7. The Morgan fingerprint density at radius 1 is 1.19 bits per heavy atom. The van der Waals surface area contributed by atoms with E-state index in [-0.39, 0.29) is 11.6 Å². The molecule has 0 bridgehead atoms. The summed E-state index contributed by atoms with van der Waals surface area (Å²) in [5, 5.41) is 11.1. The minimum Gasteiger partial charge on any atom is -0.371 e. The van der Waals surface area contributed by atoms with Gasteiger partial charge >= 0.3 is 0 Å². The first-order chi connectivity index (χ1) is 12.5. The lowest BCUT2D eigenvalue weighted by Gasteiger charge is -2.24. The zero-order chi connectivity index (χ0) is 18.7. The molecule has 1 amide bonds. The van der Waals surface area contributed by atoms with Crippen LogP contribution in [0.25, 0.3) is 0 Å². The number of hydrogen-bond donors (Lipinski definition) is 0. The first kappa shape index (κ1) is 17.9. The van der Waals surface area contributed by atoms with Crippen molar-refractivity contribution < 1.29 is 9.72 Å². The van der Waals surface area contributed by atoms with Crippen molar-refractivity contribution in [2.75, 3.05) is 25.0 Å². The van der Waals surface area contributed by atoms with Crippen LogP contribution >= 0.6 is 0 Å². The molecule has 136 valence electrons. The Balaban J connectivity index is 1.80. The van der Waals surface area contributed by atoms with Crippen LogP contribution in [0.2, 0.25) is 0 Å². The van der Waals surface area contributed by atoms with Crippen LogP contribution in [0, 0.1) is 17.0 Å². The molecule has 1 fully saturated rings.